The first kappa shape index (κ1) is 23.7. The number of carbonyl (C=O) groups is 1. The first-order chi connectivity index (χ1) is 17.8. The lowest BCUT2D eigenvalue weighted by Gasteiger charge is -2.40. The summed E-state index contributed by atoms with van der Waals surface area (Å²) in [5, 5.41) is 4.26. The Bertz CT molecular complexity index is 1490. The van der Waals surface area contributed by atoms with Crippen molar-refractivity contribution in [1.82, 2.24) is 28.9 Å². The Morgan fingerprint density at radius 3 is 2.70 bits per heavy atom. The predicted molar refractivity (Wildman–Crippen MR) is 146 cm³/mol. The highest BCUT2D eigenvalue weighted by Crippen LogP contribution is 2.55. The quantitative estimate of drug-likeness (QED) is 0.415. The average Bonchev–Trinajstić information content (AvgIpc) is 3.33. The van der Waals surface area contributed by atoms with Gasteiger partial charge in [-0.05, 0) is 74.3 Å². The lowest BCUT2D eigenvalue weighted by molar-refractivity contribution is 0.0637. The highest BCUT2D eigenvalue weighted by Gasteiger charge is 2.53. The van der Waals surface area contributed by atoms with E-state index in [9.17, 15) is 4.79 Å². The number of amides is 1. The van der Waals surface area contributed by atoms with Gasteiger partial charge in [0.15, 0.2) is 0 Å². The van der Waals surface area contributed by atoms with Gasteiger partial charge in [-0.2, -0.15) is 0 Å². The summed E-state index contributed by atoms with van der Waals surface area (Å²) in [4.78, 5) is 27.6. The minimum absolute atomic E-state index is 0.0524. The van der Waals surface area contributed by atoms with E-state index in [-0.39, 0.29) is 17.4 Å². The van der Waals surface area contributed by atoms with Gasteiger partial charge in [0.25, 0.3) is 5.91 Å². The standard InChI is InChI=1S/C29H35N7O/c1-19(22-14-21-6-10-34(5)26(21)32-15-22)36-18-29(7-8-29)25-23(17-33(3)4)12-20(13-24(25)27(36)37)16-35-11-9-31-28(35)30-2/h6,9-15,19H,7-8,16-18H2,1-5H3,(H,30,31). The molecule has 1 aliphatic carbocycles. The van der Waals surface area contributed by atoms with Crippen LogP contribution in [0.25, 0.3) is 11.0 Å². The van der Waals surface area contributed by atoms with Crippen molar-refractivity contribution < 1.29 is 4.79 Å². The van der Waals surface area contributed by atoms with Gasteiger partial charge in [-0.25, -0.2) is 9.97 Å². The molecule has 192 valence electrons. The van der Waals surface area contributed by atoms with Gasteiger partial charge in [-0.3, -0.25) is 4.79 Å². The summed E-state index contributed by atoms with van der Waals surface area (Å²) in [6.45, 7) is 4.38. The fourth-order valence-corrected chi connectivity index (χ4v) is 6.06. The number of imidazole rings is 1. The zero-order chi connectivity index (χ0) is 25.9. The molecule has 0 radical (unpaired) electrons. The summed E-state index contributed by atoms with van der Waals surface area (Å²) < 4.78 is 4.11. The number of carbonyl (C=O) groups excluding carboxylic acids is 1. The summed E-state index contributed by atoms with van der Waals surface area (Å²) in [7, 11) is 8.08. The topological polar surface area (TPSA) is 71.2 Å². The van der Waals surface area contributed by atoms with Gasteiger partial charge in [-0.15, -0.1) is 0 Å². The molecule has 8 nitrogen and oxygen atoms in total. The van der Waals surface area contributed by atoms with Crippen molar-refractivity contribution in [2.24, 2.45) is 7.05 Å². The number of rotatable bonds is 7. The SMILES string of the molecule is CNc1nccn1Cc1cc(CN(C)C)c2c(c1)C(=O)N(C(C)c1cnc3c(ccn3C)c1)CC21CC1. The summed E-state index contributed by atoms with van der Waals surface area (Å²) in [6.07, 6.45) is 9.98. The Morgan fingerprint density at radius 2 is 1.97 bits per heavy atom. The van der Waals surface area contributed by atoms with E-state index in [1.807, 2.05) is 37.3 Å². The van der Waals surface area contributed by atoms with Crippen molar-refractivity contribution in [3.05, 3.63) is 76.9 Å². The number of fused-ring (bicyclic) bond motifs is 3. The van der Waals surface area contributed by atoms with E-state index in [1.54, 1.807) is 6.20 Å². The second kappa shape index (κ2) is 8.73. The second-order valence-corrected chi connectivity index (χ2v) is 11.0. The van der Waals surface area contributed by atoms with Crippen molar-refractivity contribution in [3.63, 3.8) is 0 Å². The summed E-state index contributed by atoms with van der Waals surface area (Å²) in [5.74, 6) is 0.936. The fourth-order valence-electron chi connectivity index (χ4n) is 6.06. The molecule has 1 atom stereocenters. The molecule has 1 spiro atoms. The first-order valence-corrected chi connectivity index (χ1v) is 13.0. The van der Waals surface area contributed by atoms with Crippen LogP contribution in [0.4, 0.5) is 5.95 Å². The maximum atomic E-state index is 14.2. The van der Waals surface area contributed by atoms with Crippen molar-refractivity contribution in [2.75, 3.05) is 33.0 Å². The monoisotopic (exact) mass is 497 g/mol. The van der Waals surface area contributed by atoms with Crippen LogP contribution in [0.2, 0.25) is 0 Å². The molecule has 1 aliphatic heterocycles. The van der Waals surface area contributed by atoms with Crippen LogP contribution in [0.1, 0.15) is 58.4 Å². The average molecular weight is 498 g/mol. The van der Waals surface area contributed by atoms with Crippen LogP contribution in [-0.4, -0.2) is 62.5 Å². The van der Waals surface area contributed by atoms with Crippen molar-refractivity contribution in [3.8, 4) is 0 Å². The van der Waals surface area contributed by atoms with Crippen LogP contribution in [-0.2, 0) is 25.6 Å². The van der Waals surface area contributed by atoms with Gasteiger partial charge in [0.2, 0.25) is 5.95 Å². The van der Waals surface area contributed by atoms with E-state index in [4.69, 9.17) is 4.98 Å². The molecule has 1 amide bonds. The van der Waals surface area contributed by atoms with Gasteiger partial charge < -0.3 is 24.3 Å². The zero-order valence-corrected chi connectivity index (χ0v) is 22.3. The number of benzene rings is 1. The van der Waals surface area contributed by atoms with Crippen LogP contribution in [0, 0.1) is 0 Å². The van der Waals surface area contributed by atoms with Gasteiger partial charge in [-0.1, -0.05) is 6.07 Å². The third-order valence-corrected chi connectivity index (χ3v) is 8.08. The number of nitrogens with one attached hydrogen (secondary N) is 1. The number of hydrogen-bond donors (Lipinski definition) is 1. The predicted octanol–water partition coefficient (Wildman–Crippen LogP) is 4.17. The minimum Gasteiger partial charge on any atom is -0.359 e. The van der Waals surface area contributed by atoms with E-state index in [0.717, 1.165) is 59.6 Å². The van der Waals surface area contributed by atoms with Crippen LogP contribution < -0.4 is 5.32 Å². The molecule has 3 aromatic heterocycles. The van der Waals surface area contributed by atoms with E-state index >= 15 is 0 Å². The number of pyridine rings is 1. The van der Waals surface area contributed by atoms with Crippen LogP contribution >= 0.6 is 0 Å². The highest BCUT2D eigenvalue weighted by atomic mass is 16.2. The molecule has 0 saturated heterocycles. The van der Waals surface area contributed by atoms with Crippen LogP contribution in [0.3, 0.4) is 0 Å². The molecule has 37 heavy (non-hydrogen) atoms. The largest absolute Gasteiger partial charge is 0.359 e. The second-order valence-electron chi connectivity index (χ2n) is 11.0. The molecule has 1 aromatic carbocycles. The molecule has 4 heterocycles. The van der Waals surface area contributed by atoms with E-state index in [1.165, 1.54) is 11.1 Å². The smallest absolute Gasteiger partial charge is 0.254 e. The van der Waals surface area contributed by atoms with E-state index < -0.39 is 0 Å². The molecular formula is C29H35N7O. The fraction of sp³-hybridized carbons (Fsp3) is 0.414. The van der Waals surface area contributed by atoms with E-state index in [0.29, 0.717) is 6.54 Å². The molecule has 2 aliphatic rings. The first-order valence-electron chi connectivity index (χ1n) is 13.0. The van der Waals surface area contributed by atoms with Crippen molar-refractivity contribution in [2.45, 2.75) is 44.3 Å². The molecule has 1 fully saturated rings. The summed E-state index contributed by atoms with van der Waals surface area (Å²) >= 11 is 0. The number of anilines is 1. The van der Waals surface area contributed by atoms with Gasteiger partial charge in [0.1, 0.15) is 5.65 Å². The number of hydrogen-bond acceptors (Lipinski definition) is 5. The molecular weight excluding hydrogens is 462 g/mol. The Kier molecular flexibility index (Phi) is 5.60. The third kappa shape index (κ3) is 4.00. The normalized spacial score (nSPS) is 17.0. The van der Waals surface area contributed by atoms with Crippen LogP contribution in [0.5, 0.6) is 0 Å². The summed E-state index contributed by atoms with van der Waals surface area (Å²) in [5.41, 5.74) is 6.62. The maximum absolute atomic E-state index is 14.2. The Hall–Kier alpha value is -3.65. The maximum Gasteiger partial charge on any atom is 0.254 e. The summed E-state index contributed by atoms with van der Waals surface area (Å²) in [6, 6.07) is 8.65. The molecule has 0 bridgehead atoms. The Labute approximate surface area is 217 Å². The number of aryl methyl sites for hydroxylation is 1. The molecule has 1 unspecified atom stereocenters. The molecule has 1 N–H and O–H groups in total. The molecule has 6 rings (SSSR count). The van der Waals surface area contributed by atoms with Crippen molar-refractivity contribution in [1.29, 1.82) is 0 Å². The van der Waals surface area contributed by atoms with Gasteiger partial charge in [0.05, 0.1) is 12.6 Å². The minimum atomic E-state index is -0.0549. The van der Waals surface area contributed by atoms with Crippen molar-refractivity contribution >= 4 is 22.9 Å². The highest BCUT2D eigenvalue weighted by molar-refractivity contribution is 5.99. The Morgan fingerprint density at radius 1 is 1.16 bits per heavy atom. The molecule has 8 heteroatoms. The lowest BCUT2D eigenvalue weighted by Crippen LogP contribution is -2.45. The van der Waals surface area contributed by atoms with Crippen LogP contribution in [0.15, 0.2) is 49.1 Å². The Balaban J connectivity index is 1.41. The third-order valence-electron chi connectivity index (χ3n) is 8.08. The molecule has 4 aromatic rings. The van der Waals surface area contributed by atoms with E-state index in [2.05, 4.69) is 70.0 Å². The molecule has 1 saturated carbocycles. The van der Waals surface area contributed by atoms with Gasteiger partial charge >= 0.3 is 0 Å². The number of aromatic nitrogens is 4. The van der Waals surface area contributed by atoms with Gasteiger partial charge in [0, 0.05) is 68.3 Å². The zero-order valence-electron chi connectivity index (χ0n) is 22.3. The number of nitrogens with zero attached hydrogens (tertiary/aromatic N) is 6. The lowest BCUT2D eigenvalue weighted by atomic mass is 9.81.